The lowest BCUT2D eigenvalue weighted by atomic mass is 9.96. The van der Waals surface area contributed by atoms with Crippen LogP contribution in [0.3, 0.4) is 0 Å². The van der Waals surface area contributed by atoms with Gasteiger partial charge in [-0.15, -0.1) is 0 Å². The lowest BCUT2D eigenvalue weighted by Crippen LogP contribution is -2.38. The number of carbonyl (C=O) groups is 1. The molecule has 0 spiro atoms. The minimum atomic E-state index is -0.136. The van der Waals surface area contributed by atoms with Crippen molar-refractivity contribution in [1.82, 2.24) is 20.3 Å². The average Bonchev–Trinajstić information content (AvgIpc) is 3.40. The molecule has 0 bridgehead atoms. The number of thiazole rings is 1. The van der Waals surface area contributed by atoms with Gasteiger partial charge < -0.3 is 15.0 Å². The lowest BCUT2D eigenvalue weighted by Gasteiger charge is -2.22. The van der Waals surface area contributed by atoms with E-state index in [0.29, 0.717) is 29.7 Å². The van der Waals surface area contributed by atoms with Crippen LogP contribution in [-0.2, 0) is 4.74 Å². The summed E-state index contributed by atoms with van der Waals surface area (Å²) in [4.78, 5) is 29.5. The number of amides is 1. The van der Waals surface area contributed by atoms with Crippen LogP contribution in [0.4, 0.5) is 11.5 Å². The molecule has 3 aromatic rings. The van der Waals surface area contributed by atoms with Gasteiger partial charge in [0, 0.05) is 37.4 Å². The van der Waals surface area contributed by atoms with Crippen molar-refractivity contribution in [3.63, 3.8) is 0 Å². The third-order valence-corrected chi connectivity index (χ3v) is 7.12. The number of nitrogens with zero attached hydrogens (tertiary/aromatic N) is 4. The van der Waals surface area contributed by atoms with Crippen LogP contribution < -0.4 is 10.2 Å². The fraction of sp³-hybridized carbons (Fsp3) is 0.478. The number of aromatic nitrogens is 3. The van der Waals surface area contributed by atoms with Crippen molar-refractivity contribution in [2.24, 2.45) is 0 Å². The number of benzene rings is 1. The summed E-state index contributed by atoms with van der Waals surface area (Å²) in [5.74, 6) is 1.14. The van der Waals surface area contributed by atoms with Crippen molar-refractivity contribution in [3.05, 3.63) is 41.2 Å². The molecular weight excluding hydrogens is 410 g/mol. The first kappa shape index (κ1) is 20.3. The molecule has 7 nitrogen and oxygen atoms in total. The monoisotopic (exact) mass is 437 g/mol. The Morgan fingerprint density at radius 3 is 2.94 bits per heavy atom. The van der Waals surface area contributed by atoms with E-state index in [1.165, 1.54) is 35.4 Å². The summed E-state index contributed by atoms with van der Waals surface area (Å²) in [6, 6.07) is 8.70. The van der Waals surface area contributed by atoms with Crippen LogP contribution in [0.5, 0.6) is 0 Å². The molecule has 1 N–H and O–H groups in total. The predicted molar refractivity (Wildman–Crippen MR) is 122 cm³/mol. The van der Waals surface area contributed by atoms with E-state index in [0.717, 1.165) is 36.5 Å². The maximum Gasteiger partial charge on any atom is 0.280 e. The molecule has 1 saturated heterocycles. The summed E-state index contributed by atoms with van der Waals surface area (Å²) >= 11 is 1.33. The number of para-hydroxylation sites is 1. The molecule has 0 radical (unpaired) electrons. The quantitative estimate of drug-likeness (QED) is 0.615. The summed E-state index contributed by atoms with van der Waals surface area (Å²) in [6.07, 6.45) is 6.82. The number of rotatable bonds is 6. The topological polar surface area (TPSA) is 80.2 Å². The molecule has 162 valence electrons. The standard InChI is InChI=1S/C23H27N5O2S/c1-2-3-6-15-13-28(18-8-5-4-7-17(15)18)20-19-22(25-14-24-20)31-23(27-19)21(29)26-16-9-11-30-12-10-16/h4-5,7-8,14-16H,2-3,6,9-13H2,1H3,(H,26,29). The Balaban J connectivity index is 1.45. The number of fused-ring (bicyclic) bond motifs is 2. The highest BCUT2D eigenvalue weighted by molar-refractivity contribution is 7.20. The van der Waals surface area contributed by atoms with E-state index in [-0.39, 0.29) is 11.9 Å². The van der Waals surface area contributed by atoms with E-state index in [2.05, 4.69) is 51.4 Å². The van der Waals surface area contributed by atoms with Crippen molar-refractivity contribution in [2.75, 3.05) is 24.7 Å². The first-order chi connectivity index (χ1) is 15.2. The van der Waals surface area contributed by atoms with Crippen LogP contribution in [0.1, 0.15) is 60.3 Å². The highest BCUT2D eigenvalue weighted by Gasteiger charge is 2.31. The van der Waals surface area contributed by atoms with Crippen LogP contribution in [0.2, 0.25) is 0 Å². The lowest BCUT2D eigenvalue weighted by molar-refractivity contribution is 0.0696. The van der Waals surface area contributed by atoms with Gasteiger partial charge in [-0.2, -0.15) is 0 Å². The molecule has 0 saturated carbocycles. The zero-order valence-electron chi connectivity index (χ0n) is 17.7. The third kappa shape index (κ3) is 4.02. The van der Waals surface area contributed by atoms with Gasteiger partial charge in [0.2, 0.25) is 0 Å². The molecule has 0 aliphatic carbocycles. The van der Waals surface area contributed by atoms with Gasteiger partial charge >= 0.3 is 0 Å². The third-order valence-electron chi connectivity index (χ3n) is 6.16. The van der Waals surface area contributed by atoms with Crippen LogP contribution in [-0.4, -0.2) is 46.7 Å². The van der Waals surface area contributed by atoms with Crippen molar-refractivity contribution in [1.29, 1.82) is 0 Å². The van der Waals surface area contributed by atoms with Gasteiger partial charge in [-0.3, -0.25) is 4.79 Å². The second kappa shape index (κ2) is 8.88. The zero-order chi connectivity index (χ0) is 21.2. The molecule has 2 aliphatic heterocycles. The largest absolute Gasteiger partial charge is 0.381 e. The maximum atomic E-state index is 12.8. The maximum absolute atomic E-state index is 12.8. The summed E-state index contributed by atoms with van der Waals surface area (Å²) < 4.78 is 5.38. The Labute approximate surface area is 185 Å². The average molecular weight is 438 g/mol. The molecule has 5 rings (SSSR count). The molecule has 2 aliphatic rings. The van der Waals surface area contributed by atoms with Crippen LogP contribution >= 0.6 is 11.3 Å². The molecule has 2 aromatic heterocycles. The Morgan fingerprint density at radius 2 is 2.10 bits per heavy atom. The molecule has 1 amide bonds. The van der Waals surface area contributed by atoms with E-state index >= 15 is 0 Å². The highest BCUT2D eigenvalue weighted by Crippen LogP contribution is 2.43. The van der Waals surface area contributed by atoms with Gasteiger partial charge in [0.05, 0.1) is 0 Å². The minimum Gasteiger partial charge on any atom is -0.381 e. The summed E-state index contributed by atoms with van der Waals surface area (Å²) in [5, 5.41) is 3.54. The number of carbonyl (C=O) groups excluding carboxylic acids is 1. The van der Waals surface area contributed by atoms with Gasteiger partial charge in [0.15, 0.2) is 10.8 Å². The molecule has 1 atom stereocenters. The number of hydrogen-bond donors (Lipinski definition) is 1. The highest BCUT2D eigenvalue weighted by atomic mass is 32.1. The summed E-state index contributed by atoms with van der Waals surface area (Å²) in [7, 11) is 0. The van der Waals surface area contributed by atoms with Gasteiger partial charge in [-0.25, -0.2) is 15.0 Å². The molecular formula is C23H27N5O2S. The second-order valence-corrected chi connectivity index (χ2v) is 9.22. The number of ether oxygens (including phenoxy) is 1. The van der Waals surface area contributed by atoms with Crippen molar-refractivity contribution < 1.29 is 9.53 Å². The normalized spacial score (nSPS) is 19.0. The Kier molecular flexibility index (Phi) is 5.82. The van der Waals surface area contributed by atoms with Gasteiger partial charge in [-0.1, -0.05) is 49.3 Å². The summed E-state index contributed by atoms with van der Waals surface area (Å²) in [5.41, 5.74) is 3.26. The fourth-order valence-electron chi connectivity index (χ4n) is 4.52. The van der Waals surface area contributed by atoms with Crippen LogP contribution in [0, 0.1) is 0 Å². The molecule has 1 fully saturated rings. The number of nitrogens with one attached hydrogen (secondary N) is 1. The number of hydrogen-bond acceptors (Lipinski definition) is 7. The first-order valence-electron chi connectivity index (χ1n) is 11.1. The molecule has 8 heteroatoms. The van der Waals surface area contributed by atoms with Crippen LogP contribution in [0.15, 0.2) is 30.6 Å². The van der Waals surface area contributed by atoms with Crippen LogP contribution in [0.25, 0.3) is 10.3 Å². The number of unbranched alkanes of at least 4 members (excludes halogenated alkanes) is 1. The Hall–Kier alpha value is -2.58. The molecule has 1 aromatic carbocycles. The fourth-order valence-corrected chi connectivity index (χ4v) is 5.32. The van der Waals surface area contributed by atoms with Crippen molar-refractivity contribution in [3.8, 4) is 0 Å². The Bertz CT molecular complexity index is 1080. The second-order valence-electron chi connectivity index (χ2n) is 8.24. The molecule has 4 heterocycles. The number of anilines is 2. The van der Waals surface area contributed by atoms with Crippen molar-refractivity contribution in [2.45, 2.75) is 51.0 Å². The van der Waals surface area contributed by atoms with E-state index in [4.69, 9.17) is 9.72 Å². The molecule has 1 unspecified atom stereocenters. The van der Waals surface area contributed by atoms with E-state index in [1.807, 2.05) is 0 Å². The predicted octanol–water partition coefficient (Wildman–Crippen LogP) is 4.42. The first-order valence-corrected chi connectivity index (χ1v) is 11.9. The van der Waals surface area contributed by atoms with Gasteiger partial charge in [0.25, 0.3) is 5.91 Å². The van der Waals surface area contributed by atoms with Crippen molar-refractivity contribution >= 4 is 39.1 Å². The SMILES string of the molecule is CCCCC1CN(c2ncnc3sc(C(=O)NC4CCOCC4)nc23)c2ccccc21. The van der Waals surface area contributed by atoms with E-state index in [9.17, 15) is 4.79 Å². The van der Waals surface area contributed by atoms with E-state index < -0.39 is 0 Å². The summed E-state index contributed by atoms with van der Waals surface area (Å²) in [6.45, 7) is 4.49. The van der Waals surface area contributed by atoms with Gasteiger partial charge in [-0.05, 0) is 30.9 Å². The van der Waals surface area contributed by atoms with Gasteiger partial charge in [0.1, 0.15) is 16.7 Å². The minimum absolute atomic E-state index is 0.136. The van der Waals surface area contributed by atoms with E-state index in [1.54, 1.807) is 6.33 Å². The molecule has 31 heavy (non-hydrogen) atoms. The zero-order valence-corrected chi connectivity index (χ0v) is 18.5. The smallest absolute Gasteiger partial charge is 0.280 e. The Morgan fingerprint density at radius 1 is 1.26 bits per heavy atom.